The molecule has 2 aromatic heterocycles. The monoisotopic (exact) mass is 315 g/mol. The Hall–Kier alpha value is -2.44. The van der Waals surface area contributed by atoms with Gasteiger partial charge in [-0.05, 0) is 38.8 Å². The van der Waals surface area contributed by atoms with E-state index >= 15 is 0 Å². The van der Waals surface area contributed by atoms with Crippen molar-refractivity contribution in [2.75, 3.05) is 18.0 Å². The van der Waals surface area contributed by atoms with Crippen molar-refractivity contribution in [3.05, 3.63) is 36.0 Å². The summed E-state index contributed by atoms with van der Waals surface area (Å²) in [6.07, 6.45) is 5.01. The van der Waals surface area contributed by atoms with Gasteiger partial charge in [-0.1, -0.05) is 0 Å². The molecule has 1 fully saturated rings. The fourth-order valence-corrected chi connectivity index (χ4v) is 2.86. The highest BCUT2D eigenvalue weighted by Gasteiger charge is 2.26. The second-order valence-corrected chi connectivity index (χ2v) is 5.96. The smallest absolute Gasteiger partial charge is 0.342 e. The normalized spacial score (nSPS) is 15.9. The number of carbonyl (C=O) groups excluding carboxylic acids is 1. The quantitative estimate of drug-likeness (QED) is 0.870. The van der Waals surface area contributed by atoms with Crippen LogP contribution in [-0.2, 0) is 4.74 Å². The zero-order chi connectivity index (χ0) is 16.2. The van der Waals surface area contributed by atoms with Crippen LogP contribution in [0.3, 0.4) is 0 Å². The van der Waals surface area contributed by atoms with Crippen molar-refractivity contribution in [1.82, 2.24) is 20.2 Å². The predicted molar refractivity (Wildman–Crippen MR) is 85.4 cm³/mol. The molecule has 0 radical (unpaired) electrons. The first-order chi connectivity index (χ1) is 11.1. The van der Waals surface area contributed by atoms with Crippen molar-refractivity contribution < 1.29 is 9.53 Å². The molecule has 122 valence electrons. The SMILES string of the molecule is CC(C)OC(=O)c1cccnc1N1CCC(c2ncn[nH]2)CC1. The average molecular weight is 315 g/mol. The van der Waals surface area contributed by atoms with Crippen molar-refractivity contribution in [1.29, 1.82) is 0 Å². The summed E-state index contributed by atoms with van der Waals surface area (Å²) in [4.78, 5) is 23.0. The van der Waals surface area contributed by atoms with Gasteiger partial charge in [-0.2, -0.15) is 5.10 Å². The second-order valence-electron chi connectivity index (χ2n) is 5.96. The summed E-state index contributed by atoms with van der Waals surface area (Å²) in [5.74, 6) is 1.70. The second kappa shape index (κ2) is 6.76. The number of rotatable bonds is 4. The number of carbonyl (C=O) groups is 1. The van der Waals surface area contributed by atoms with Gasteiger partial charge < -0.3 is 9.64 Å². The van der Waals surface area contributed by atoms with Gasteiger partial charge in [-0.25, -0.2) is 14.8 Å². The molecule has 0 spiro atoms. The van der Waals surface area contributed by atoms with Crippen LogP contribution in [0, 0.1) is 0 Å². The Bertz CT molecular complexity index is 648. The maximum atomic E-state index is 12.3. The van der Waals surface area contributed by atoms with Crippen LogP contribution >= 0.6 is 0 Å². The molecule has 1 aliphatic heterocycles. The molecule has 0 aromatic carbocycles. The summed E-state index contributed by atoms with van der Waals surface area (Å²) < 4.78 is 5.32. The number of anilines is 1. The molecule has 3 rings (SSSR count). The number of ether oxygens (including phenoxy) is 1. The number of aromatic amines is 1. The van der Waals surface area contributed by atoms with Gasteiger partial charge in [0.05, 0.1) is 6.10 Å². The van der Waals surface area contributed by atoms with E-state index in [1.165, 1.54) is 0 Å². The molecule has 0 unspecified atom stereocenters. The molecular formula is C16H21N5O2. The molecule has 0 atom stereocenters. The highest BCUT2D eigenvalue weighted by atomic mass is 16.5. The van der Waals surface area contributed by atoms with Crippen molar-refractivity contribution in [3.8, 4) is 0 Å². The maximum Gasteiger partial charge on any atom is 0.342 e. The molecular weight excluding hydrogens is 294 g/mol. The lowest BCUT2D eigenvalue weighted by Gasteiger charge is -2.32. The third kappa shape index (κ3) is 3.49. The maximum absolute atomic E-state index is 12.3. The van der Waals surface area contributed by atoms with E-state index in [1.54, 1.807) is 24.7 Å². The van der Waals surface area contributed by atoms with Gasteiger partial charge in [0.15, 0.2) is 0 Å². The lowest BCUT2D eigenvalue weighted by molar-refractivity contribution is 0.0378. The van der Waals surface area contributed by atoms with Crippen LogP contribution in [-0.4, -0.2) is 45.3 Å². The first kappa shape index (κ1) is 15.5. The van der Waals surface area contributed by atoms with Crippen molar-refractivity contribution in [2.45, 2.75) is 38.7 Å². The van der Waals surface area contributed by atoms with E-state index in [0.29, 0.717) is 17.3 Å². The molecule has 0 saturated carbocycles. The third-order valence-corrected chi connectivity index (χ3v) is 3.96. The predicted octanol–water partition coefficient (Wildman–Crippen LogP) is 2.15. The lowest BCUT2D eigenvalue weighted by atomic mass is 9.96. The molecule has 0 aliphatic carbocycles. The molecule has 3 heterocycles. The summed E-state index contributed by atoms with van der Waals surface area (Å²) in [7, 11) is 0. The van der Waals surface area contributed by atoms with E-state index < -0.39 is 0 Å². The van der Waals surface area contributed by atoms with Crippen LogP contribution in [0.25, 0.3) is 0 Å². The molecule has 23 heavy (non-hydrogen) atoms. The first-order valence-electron chi connectivity index (χ1n) is 7.91. The van der Waals surface area contributed by atoms with Gasteiger partial charge >= 0.3 is 5.97 Å². The largest absolute Gasteiger partial charge is 0.459 e. The van der Waals surface area contributed by atoms with Gasteiger partial charge in [-0.3, -0.25) is 5.10 Å². The van der Waals surface area contributed by atoms with Gasteiger partial charge in [0.1, 0.15) is 23.5 Å². The van der Waals surface area contributed by atoms with Crippen molar-refractivity contribution >= 4 is 11.8 Å². The van der Waals surface area contributed by atoms with Crippen LogP contribution in [0.1, 0.15) is 48.8 Å². The third-order valence-electron chi connectivity index (χ3n) is 3.96. The molecule has 0 bridgehead atoms. The Kier molecular flexibility index (Phi) is 4.55. The molecule has 7 heteroatoms. The lowest BCUT2D eigenvalue weighted by Crippen LogP contribution is -2.35. The van der Waals surface area contributed by atoms with E-state index in [9.17, 15) is 4.79 Å². The summed E-state index contributed by atoms with van der Waals surface area (Å²) in [6.45, 7) is 5.34. The number of nitrogens with one attached hydrogen (secondary N) is 1. The minimum absolute atomic E-state index is 0.146. The number of hydrogen-bond donors (Lipinski definition) is 1. The van der Waals surface area contributed by atoms with Crippen LogP contribution < -0.4 is 4.90 Å². The molecule has 1 saturated heterocycles. The van der Waals surface area contributed by atoms with Crippen LogP contribution in [0.2, 0.25) is 0 Å². The van der Waals surface area contributed by atoms with E-state index in [0.717, 1.165) is 31.8 Å². The Morgan fingerprint density at radius 3 is 2.78 bits per heavy atom. The number of esters is 1. The van der Waals surface area contributed by atoms with E-state index in [4.69, 9.17) is 4.74 Å². The average Bonchev–Trinajstić information content (AvgIpc) is 3.09. The summed E-state index contributed by atoms with van der Waals surface area (Å²) in [5.41, 5.74) is 0.527. The van der Waals surface area contributed by atoms with Crippen molar-refractivity contribution in [3.63, 3.8) is 0 Å². The fraction of sp³-hybridized carbons (Fsp3) is 0.500. The first-order valence-corrected chi connectivity index (χ1v) is 7.91. The molecule has 0 amide bonds. The van der Waals surface area contributed by atoms with E-state index in [2.05, 4.69) is 25.1 Å². The number of nitrogens with zero attached hydrogens (tertiary/aromatic N) is 4. The van der Waals surface area contributed by atoms with Crippen LogP contribution in [0.4, 0.5) is 5.82 Å². The fourth-order valence-electron chi connectivity index (χ4n) is 2.86. The highest BCUT2D eigenvalue weighted by molar-refractivity contribution is 5.94. The number of H-pyrrole nitrogens is 1. The van der Waals surface area contributed by atoms with Gasteiger partial charge in [0, 0.05) is 25.2 Å². The number of pyridine rings is 1. The minimum Gasteiger partial charge on any atom is -0.459 e. The standard InChI is InChI=1S/C16H21N5O2/c1-11(2)23-16(22)13-4-3-7-17-15(13)21-8-5-12(6-9-21)14-18-10-19-20-14/h3-4,7,10-12H,5-6,8-9H2,1-2H3,(H,18,19,20). The number of aromatic nitrogens is 4. The highest BCUT2D eigenvalue weighted by Crippen LogP contribution is 2.29. The Morgan fingerprint density at radius 2 is 2.13 bits per heavy atom. The van der Waals surface area contributed by atoms with Crippen molar-refractivity contribution in [2.24, 2.45) is 0 Å². The van der Waals surface area contributed by atoms with E-state index in [-0.39, 0.29) is 12.1 Å². The zero-order valence-corrected chi connectivity index (χ0v) is 13.4. The summed E-state index contributed by atoms with van der Waals surface area (Å²) >= 11 is 0. The Balaban J connectivity index is 1.72. The van der Waals surface area contributed by atoms with Crippen LogP contribution in [0.15, 0.2) is 24.7 Å². The topological polar surface area (TPSA) is 84.0 Å². The zero-order valence-electron chi connectivity index (χ0n) is 13.4. The number of hydrogen-bond acceptors (Lipinski definition) is 6. The molecule has 7 nitrogen and oxygen atoms in total. The minimum atomic E-state index is -0.319. The summed E-state index contributed by atoms with van der Waals surface area (Å²) in [5, 5.41) is 6.86. The van der Waals surface area contributed by atoms with E-state index in [1.807, 2.05) is 13.8 Å². The van der Waals surface area contributed by atoms with Gasteiger partial charge in [0.2, 0.25) is 0 Å². The Morgan fingerprint density at radius 1 is 1.35 bits per heavy atom. The van der Waals surface area contributed by atoms with Gasteiger partial charge in [-0.15, -0.1) is 0 Å². The molecule has 1 N–H and O–H groups in total. The molecule has 1 aliphatic rings. The summed E-state index contributed by atoms with van der Waals surface area (Å²) in [6, 6.07) is 3.54. The Labute approximate surface area is 135 Å². The van der Waals surface area contributed by atoms with Gasteiger partial charge in [0.25, 0.3) is 0 Å². The number of piperidine rings is 1. The molecule has 2 aromatic rings. The van der Waals surface area contributed by atoms with Crippen LogP contribution in [0.5, 0.6) is 0 Å².